The molecular formula is C27H51N3. The first-order chi connectivity index (χ1) is 14.3. The van der Waals surface area contributed by atoms with Crippen LogP contribution >= 0.6 is 0 Å². The van der Waals surface area contributed by atoms with E-state index < -0.39 is 0 Å². The summed E-state index contributed by atoms with van der Waals surface area (Å²) in [6.07, 6.45) is 14.3. The molecule has 4 rings (SSSR count). The zero-order chi connectivity index (χ0) is 21.4. The van der Waals surface area contributed by atoms with Gasteiger partial charge < -0.3 is 16.4 Å². The van der Waals surface area contributed by atoms with Gasteiger partial charge in [0.25, 0.3) is 0 Å². The Morgan fingerprint density at radius 3 is 1.77 bits per heavy atom. The van der Waals surface area contributed by atoms with Crippen LogP contribution in [-0.2, 0) is 0 Å². The highest BCUT2D eigenvalue weighted by atomic mass is 14.9. The molecule has 174 valence electrons. The average Bonchev–Trinajstić information content (AvgIpc) is 3.45. The molecule has 0 amide bonds. The van der Waals surface area contributed by atoms with Crippen LogP contribution in [0.25, 0.3) is 0 Å². The SMILES string of the molecule is CC1(C)C2CCC(C2)C1CC(CC1C2CCC(C2)C1(C)C)NCCCNCCCN. The van der Waals surface area contributed by atoms with Crippen molar-refractivity contribution in [3.63, 3.8) is 0 Å². The molecule has 0 heterocycles. The van der Waals surface area contributed by atoms with Gasteiger partial charge in [0.2, 0.25) is 0 Å². The topological polar surface area (TPSA) is 50.1 Å². The molecule has 3 nitrogen and oxygen atoms in total. The lowest BCUT2D eigenvalue weighted by Crippen LogP contribution is -2.42. The Labute approximate surface area is 187 Å². The minimum atomic E-state index is 0.566. The number of rotatable bonds is 12. The van der Waals surface area contributed by atoms with Crippen molar-refractivity contribution in [2.45, 2.75) is 97.9 Å². The first-order valence-corrected chi connectivity index (χ1v) is 13.5. The fourth-order valence-corrected chi connectivity index (χ4v) is 8.68. The number of nitrogens with two attached hydrogens (primary N) is 1. The molecule has 4 saturated carbocycles. The summed E-state index contributed by atoms with van der Waals surface area (Å²) in [5.41, 5.74) is 6.74. The minimum Gasteiger partial charge on any atom is -0.330 e. The molecule has 6 atom stereocenters. The van der Waals surface area contributed by atoms with E-state index in [-0.39, 0.29) is 0 Å². The summed E-state index contributed by atoms with van der Waals surface area (Å²) >= 11 is 0. The molecular weight excluding hydrogens is 366 g/mol. The maximum Gasteiger partial charge on any atom is 0.00729 e. The van der Waals surface area contributed by atoms with Crippen molar-refractivity contribution in [2.75, 3.05) is 26.2 Å². The third-order valence-electron chi connectivity index (χ3n) is 10.7. The normalized spacial score (nSPS) is 39.1. The third kappa shape index (κ3) is 4.50. The molecule has 0 aromatic heterocycles. The van der Waals surface area contributed by atoms with Gasteiger partial charge >= 0.3 is 0 Å². The van der Waals surface area contributed by atoms with E-state index >= 15 is 0 Å². The monoisotopic (exact) mass is 417 g/mol. The van der Waals surface area contributed by atoms with E-state index in [2.05, 4.69) is 38.3 Å². The Morgan fingerprint density at radius 2 is 1.30 bits per heavy atom. The second kappa shape index (κ2) is 9.40. The van der Waals surface area contributed by atoms with Crippen molar-refractivity contribution in [1.82, 2.24) is 10.6 Å². The third-order valence-corrected chi connectivity index (χ3v) is 10.7. The van der Waals surface area contributed by atoms with Gasteiger partial charge in [-0.25, -0.2) is 0 Å². The van der Waals surface area contributed by atoms with Gasteiger partial charge in [-0.05, 0) is 137 Å². The maximum atomic E-state index is 5.61. The van der Waals surface area contributed by atoms with Gasteiger partial charge in [0, 0.05) is 6.04 Å². The number of nitrogens with one attached hydrogen (secondary N) is 2. The standard InChI is InChI=1S/C27H51N3/c1-26(2)21-9-7-19(15-21)24(26)17-23(30-14-6-13-29-12-5-11-28)18-25-20-8-10-22(16-20)27(25,3)4/h19-25,29-30H,5-18,28H2,1-4H3. The molecule has 4 aliphatic rings. The lowest BCUT2D eigenvalue weighted by atomic mass is 9.63. The van der Waals surface area contributed by atoms with E-state index in [1.807, 2.05) is 0 Å². The quantitative estimate of drug-likeness (QED) is 0.383. The molecule has 0 spiro atoms. The molecule has 30 heavy (non-hydrogen) atoms. The van der Waals surface area contributed by atoms with Crippen LogP contribution < -0.4 is 16.4 Å². The van der Waals surface area contributed by atoms with Gasteiger partial charge in [-0.15, -0.1) is 0 Å². The van der Waals surface area contributed by atoms with E-state index in [9.17, 15) is 0 Å². The fraction of sp³-hybridized carbons (Fsp3) is 1.00. The second-order valence-corrected chi connectivity index (χ2v) is 12.8. The van der Waals surface area contributed by atoms with E-state index in [0.29, 0.717) is 10.8 Å². The maximum absolute atomic E-state index is 5.61. The summed E-state index contributed by atoms with van der Waals surface area (Å²) < 4.78 is 0. The summed E-state index contributed by atoms with van der Waals surface area (Å²) in [6.45, 7) is 14.6. The zero-order valence-electron chi connectivity index (χ0n) is 20.5. The lowest BCUT2D eigenvalue weighted by molar-refractivity contribution is 0.0743. The van der Waals surface area contributed by atoms with Gasteiger partial charge in [0.1, 0.15) is 0 Å². The van der Waals surface area contributed by atoms with Crippen LogP contribution in [0.15, 0.2) is 0 Å². The number of hydrogen-bond donors (Lipinski definition) is 3. The van der Waals surface area contributed by atoms with Crippen LogP contribution in [0.4, 0.5) is 0 Å². The van der Waals surface area contributed by atoms with Gasteiger partial charge in [-0.1, -0.05) is 27.7 Å². The second-order valence-electron chi connectivity index (χ2n) is 12.8. The van der Waals surface area contributed by atoms with E-state index in [1.165, 1.54) is 64.3 Å². The molecule has 3 heteroatoms. The summed E-state index contributed by atoms with van der Waals surface area (Å²) in [5.74, 6) is 5.91. The van der Waals surface area contributed by atoms with Crippen LogP contribution in [0.5, 0.6) is 0 Å². The summed E-state index contributed by atoms with van der Waals surface area (Å²) in [4.78, 5) is 0. The van der Waals surface area contributed by atoms with E-state index in [4.69, 9.17) is 5.73 Å². The number of fused-ring (bicyclic) bond motifs is 4. The largest absolute Gasteiger partial charge is 0.330 e. The Balaban J connectivity index is 1.35. The van der Waals surface area contributed by atoms with Gasteiger partial charge in [0.05, 0.1) is 0 Å². The van der Waals surface area contributed by atoms with Crippen molar-refractivity contribution in [2.24, 2.45) is 52.1 Å². The predicted octanol–water partition coefficient (Wildman–Crippen LogP) is 5.20. The minimum absolute atomic E-state index is 0.566. The highest BCUT2D eigenvalue weighted by molar-refractivity contribution is 5.05. The number of hydrogen-bond acceptors (Lipinski definition) is 3. The first-order valence-electron chi connectivity index (χ1n) is 13.5. The molecule has 0 saturated heterocycles. The van der Waals surface area contributed by atoms with Crippen molar-refractivity contribution >= 4 is 0 Å². The van der Waals surface area contributed by atoms with Crippen LogP contribution in [0, 0.1) is 46.3 Å². The predicted molar refractivity (Wildman–Crippen MR) is 128 cm³/mol. The zero-order valence-corrected chi connectivity index (χ0v) is 20.5. The molecule has 0 aliphatic heterocycles. The molecule has 4 fully saturated rings. The molecule has 4 N–H and O–H groups in total. The lowest BCUT2D eigenvalue weighted by Gasteiger charge is -2.43. The highest BCUT2D eigenvalue weighted by Crippen LogP contribution is 2.63. The van der Waals surface area contributed by atoms with Crippen LogP contribution in [0.3, 0.4) is 0 Å². The summed E-state index contributed by atoms with van der Waals surface area (Å²) in [5, 5.41) is 7.65. The molecule has 0 aromatic carbocycles. The first kappa shape index (κ1) is 23.1. The van der Waals surface area contributed by atoms with E-state index in [1.54, 1.807) is 0 Å². The summed E-state index contributed by atoms with van der Waals surface area (Å²) in [7, 11) is 0. The molecule has 4 aliphatic carbocycles. The van der Waals surface area contributed by atoms with E-state index in [0.717, 1.165) is 67.6 Å². The van der Waals surface area contributed by atoms with Crippen molar-refractivity contribution < 1.29 is 0 Å². The van der Waals surface area contributed by atoms with Gasteiger partial charge in [-0.3, -0.25) is 0 Å². The van der Waals surface area contributed by atoms with Crippen molar-refractivity contribution in [3.8, 4) is 0 Å². The summed E-state index contributed by atoms with van der Waals surface area (Å²) in [6, 6.07) is 0.723. The van der Waals surface area contributed by atoms with Crippen LogP contribution in [0.2, 0.25) is 0 Å². The fourth-order valence-electron chi connectivity index (χ4n) is 8.68. The van der Waals surface area contributed by atoms with Gasteiger partial charge in [0.15, 0.2) is 0 Å². The van der Waals surface area contributed by atoms with Crippen molar-refractivity contribution in [3.05, 3.63) is 0 Å². The molecule has 6 unspecified atom stereocenters. The molecule has 0 aromatic rings. The smallest absolute Gasteiger partial charge is 0.00729 e. The Kier molecular flexibility index (Phi) is 7.22. The molecule has 4 bridgehead atoms. The highest BCUT2D eigenvalue weighted by Gasteiger charge is 2.55. The average molecular weight is 418 g/mol. The Hall–Kier alpha value is -0.120. The Bertz CT molecular complexity index is 516. The molecule has 0 radical (unpaired) electrons. The Morgan fingerprint density at radius 1 is 0.767 bits per heavy atom. The van der Waals surface area contributed by atoms with Gasteiger partial charge in [-0.2, -0.15) is 0 Å². The van der Waals surface area contributed by atoms with Crippen molar-refractivity contribution in [1.29, 1.82) is 0 Å². The van der Waals surface area contributed by atoms with Crippen LogP contribution in [-0.4, -0.2) is 32.2 Å². The van der Waals surface area contributed by atoms with Crippen LogP contribution in [0.1, 0.15) is 91.9 Å².